The third-order valence-corrected chi connectivity index (χ3v) is 3.66. The Morgan fingerprint density at radius 2 is 2.19 bits per heavy atom. The second-order valence-electron chi connectivity index (χ2n) is 5.08. The van der Waals surface area contributed by atoms with Crippen molar-refractivity contribution in [3.63, 3.8) is 0 Å². The predicted octanol–water partition coefficient (Wildman–Crippen LogP) is 2.69. The van der Waals surface area contributed by atoms with Crippen molar-refractivity contribution < 1.29 is 0 Å². The second kappa shape index (κ2) is 5.00. The Morgan fingerprint density at radius 3 is 2.69 bits per heavy atom. The standard InChI is InChI=1S/C13H23N3/c1-4-12(7-11-5-6-11)14-8-13-9(2)15-16-10(13)3/h11-12,14H,4-8H2,1-3H3,(H,15,16). The molecule has 0 spiro atoms. The third kappa shape index (κ3) is 2.85. The van der Waals surface area contributed by atoms with Gasteiger partial charge < -0.3 is 5.32 Å². The van der Waals surface area contributed by atoms with E-state index in [2.05, 4.69) is 36.3 Å². The summed E-state index contributed by atoms with van der Waals surface area (Å²) in [6.07, 6.45) is 5.47. The molecule has 0 saturated heterocycles. The van der Waals surface area contributed by atoms with Crippen LogP contribution in [-0.2, 0) is 6.54 Å². The molecular weight excluding hydrogens is 198 g/mol. The maximum Gasteiger partial charge on any atom is 0.0638 e. The Balaban J connectivity index is 1.84. The summed E-state index contributed by atoms with van der Waals surface area (Å²) in [5.74, 6) is 1.00. The predicted molar refractivity (Wildman–Crippen MR) is 66.3 cm³/mol. The molecule has 0 aromatic carbocycles. The molecule has 2 N–H and O–H groups in total. The summed E-state index contributed by atoms with van der Waals surface area (Å²) >= 11 is 0. The van der Waals surface area contributed by atoms with Crippen LogP contribution in [0.4, 0.5) is 0 Å². The maximum absolute atomic E-state index is 4.23. The van der Waals surface area contributed by atoms with Gasteiger partial charge in [-0.2, -0.15) is 5.10 Å². The van der Waals surface area contributed by atoms with Crippen molar-refractivity contribution in [2.24, 2.45) is 5.92 Å². The summed E-state index contributed by atoms with van der Waals surface area (Å²) in [5.41, 5.74) is 3.67. The number of aromatic amines is 1. The molecule has 1 aliphatic rings. The van der Waals surface area contributed by atoms with Crippen LogP contribution in [0.3, 0.4) is 0 Å². The third-order valence-electron chi connectivity index (χ3n) is 3.66. The highest BCUT2D eigenvalue weighted by atomic mass is 15.1. The molecule has 0 radical (unpaired) electrons. The Bertz CT molecular complexity index is 319. The van der Waals surface area contributed by atoms with Crippen molar-refractivity contribution in [3.05, 3.63) is 17.0 Å². The topological polar surface area (TPSA) is 40.7 Å². The molecule has 1 saturated carbocycles. The molecule has 1 aliphatic carbocycles. The van der Waals surface area contributed by atoms with Crippen LogP contribution in [-0.4, -0.2) is 16.2 Å². The smallest absolute Gasteiger partial charge is 0.0638 e. The molecule has 3 nitrogen and oxygen atoms in total. The minimum Gasteiger partial charge on any atom is -0.310 e. The van der Waals surface area contributed by atoms with Gasteiger partial charge in [-0.25, -0.2) is 0 Å². The molecular formula is C13H23N3. The van der Waals surface area contributed by atoms with Gasteiger partial charge in [0.15, 0.2) is 0 Å². The van der Waals surface area contributed by atoms with Crippen molar-refractivity contribution in [1.29, 1.82) is 0 Å². The molecule has 1 unspecified atom stereocenters. The van der Waals surface area contributed by atoms with Crippen LogP contribution in [0.15, 0.2) is 0 Å². The first-order valence-electron chi connectivity index (χ1n) is 6.44. The lowest BCUT2D eigenvalue weighted by atomic mass is 10.1. The van der Waals surface area contributed by atoms with E-state index in [1.807, 2.05) is 0 Å². The lowest BCUT2D eigenvalue weighted by Crippen LogP contribution is -2.28. The Hall–Kier alpha value is -0.830. The highest BCUT2D eigenvalue weighted by molar-refractivity contribution is 5.22. The van der Waals surface area contributed by atoms with Crippen LogP contribution in [0.5, 0.6) is 0 Å². The Labute approximate surface area is 98.0 Å². The lowest BCUT2D eigenvalue weighted by molar-refractivity contribution is 0.444. The van der Waals surface area contributed by atoms with Crippen LogP contribution in [0, 0.1) is 19.8 Å². The molecule has 0 bridgehead atoms. The van der Waals surface area contributed by atoms with Crippen LogP contribution in [0.1, 0.15) is 49.6 Å². The lowest BCUT2D eigenvalue weighted by Gasteiger charge is -2.16. The summed E-state index contributed by atoms with van der Waals surface area (Å²) in [6.45, 7) is 7.40. The van der Waals surface area contributed by atoms with Crippen molar-refractivity contribution in [3.8, 4) is 0 Å². The van der Waals surface area contributed by atoms with E-state index in [1.165, 1.54) is 36.9 Å². The highest BCUT2D eigenvalue weighted by Gasteiger charge is 2.24. The fourth-order valence-electron chi connectivity index (χ4n) is 2.23. The zero-order valence-electron chi connectivity index (χ0n) is 10.6. The van der Waals surface area contributed by atoms with Gasteiger partial charge in [0.25, 0.3) is 0 Å². The number of nitrogens with zero attached hydrogens (tertiary/aromatic N) is 1. The van der Waals surface area contributed by atoms with E-state index < -0.39 is 0 Å². The summed E-state index contributed by atoms with van der Waals surface area (Å²) in [6, 6.07) is 0.682. The molecule has 1 heterocycles. The number of hydrogen-bond acceptors (Lipinski definition) is 2. The monoisotopic (exact) mass is 221 g/mol. The molecule has 0 aliphatic heterocycles. The summed E-state index contributed by atoms with van der Waals surface area (Å²) in [5, 5.41) is 10.9. The van der Waals surface area contributed by atoms with Crippen molar-refractivity contribution in [2.45, 2.75) is 59.0 Å². The van der Waals surface area contributed by atoms with Gasteiger partial charge in [0.05, 0.1) is 5.69 Å². The molecule has 1 aromatic heterocycles. The van der Waals surface area contributed by atoms with Crippen molar-refractivity contribution in [1.82, 2.24) is 15.5 Å². The fraction of sp³-hybridized carbons (Fsp3) is 0.769. The zero-order chi connectivity index (χ0) is 11.5. The average Bonchev–Trinajstić information content (AvgIpc) is 3.03. The number of H-pyrrole nitrogens is 1. The van der Waals surface area contributed by atoms with E-state index in [0.29, 0.717) is 6.04 Å². The minimum absolute atomic E-state index is 0.682. The van der Waals surface area contributed by atoms with E-state index in [1.54, 1.807) is 0 Å². The van der Waals surface area contributed by atoms with E-state index >= 15 is 0 Å². The number of aryl methyl sites for hydroxylation is 2. The fourth-order valence-corrected chi connectivity index (χ4v) is 2.23. The van der Waals surface area contributed by atoms with Gasteiger partial charge in [-0.3, -0.25) is 5.10 Å². The minimum atomic E-state index is 0.682. The quantitative estimate of drug-likeness (QED) is 0.775. The number of aromatic nitrogens is 2. The molecule has 3 heteroatoms. The van der Waals surface area contributed by atoms with Gasteiger partial charge in [0.1, 0.15) is 0 Å². The Kier molecular flexibility index (Phi) is 3.64. The number of rotatable bonds is 6. The number of nitrogens with one attached hydrogen (secondary N) is 2. The molecule has 2 rings (SSSR count). The average molecular weight is 221 g/mol. The van der Waals surface area contributed by atoms with E-state index in [4.69, 9.17) is 0 Å². The van der Waals surface area contributed by atoms with Crippen LogP contribution < -0.4 is 5.32 Å². The first-order valence-corrected chi connectivity index (χ1v) is 6.44. The van der Waals surface area contributed by atoms with Gasteiger partial charge in [-0.1, -0.05) is 19.8 Å². The van der Waals surface area contributed by atoms with E-state index in [-0.39, 0.29) is 0 Å². The normalized spacial score (nSPS) is 17.7. The molecule has 1 aromatic rings. The summed E-state index contributed by atoms with van der Waals surface area (Å²) in [7, 11) is 0. The number of hydrogen-bond donors (Lipinski definition) is 2. The maximum atomic E-state index is 4.23. The SMILES string of the molecule is CCC(CC1CC1)NCc1c(C)n[nH]c1C. The summed E-state index contributed by atoms with van der Waals surface area (Å²) in [4.78, 5) is 0. The second-order valence-corrected chi connectivity index (χ2v) is 5.08. The molecule has 16 heavy (non-hydrogen) atoms. The van der Waals surface area contributed by atoms with Gasteiger partial charge in [0.2, 0.25) is 0 Å². The van der Waals surface area contributed by atoms with Crippen molar-refractivity contribution in [2.75, 3.05) is 0 Å². The molecule has 1 atom stereocenters. The first kappa shape index (κ1) is 11.6. The van der Waals surface area contributed by atoms with E-state index in [9.17, 15) is 0 Å². The molecule has 1 fully saturated rings. The largest absolute Gasteiger partial charge is 0.310 e. The molecule has 90 valence electrons. The van der Waals surface area contributed by atoms with Crippen molar-refractivity contribution >= 4 is 0 Å². The summed E-state index contributed by atoms with van der Waals surface area (Å²) < 4.78 is 0. The van der Waals surface area contributed by atoms with Gasteiger partial charge >= 0.3 is 0 Å². The van der Waals surface area contributed by atoms with Gasteiger partial charge in [-0.15, -0.1) is 0 Å². The van der Waals surface area contributed by atoms with Crippen LogP contribution in [0.2, 0.25) is 0 Å². The van der Waals surface area contributed by atoms with Gasteiger partial charge in [-0.05, 0) is 32.6 Å². The van der Waals surface area contributed by atoms with Gasteiger partial charge in [0, 0.05) is 23.8 Å². The van der Waals surface area contributed by atoms with Crippen LogP contribution in [0.25, 0.3) is 0 Å². The van der Waals surface area contributed by atoms with E-state index in [0.717, 1.165) is 18.2 Å². The van der Waals surface area contributed by atoms with Crippen LogP contribution >= 0.6 is 0 Å². The highest BCUT2D eigenvalue weighted by Crippen LogP contribution is 2.34. The Morgan fingerprint density at radius 1 is 1.44 bits per heavy atom. The zero-order valence-corrected chi connectivity index (χ0v) is 10.6. The molecule has 0 amide bonds. The first-order chi connectivity index (χ1) is 7.70.